The molecule has 21 heavy (non-hydrogen) atoms. The molecule has 114 valence electrons. The molecule has 0 bridgehead atoms. The van der Waals surface area contributed by atoms with Crippen molar-refractivity contribution in [3.63, 3.8) is 0 Å². The van der Waals surface area contributed by atoms with Gasteiger partial charge in [-0.15, -0.1) is 0 Å². The summed E-state index contributed by atoms with van der Waals surface area (Å²) < 4.78 is 0. The molecule has 1 amide bonds. The van der Waals surface area contributed by atoms with E-state index in [1.54, 1.807) is 12.1 Å². The fourth-order valence-corrected chi connectivity index (χ4v) is 3.59. The van der Waals surface area contributed by atoms with Crippen LogP contribution in [-0.4, -0.2) is 18.2 Å². The maximum absolute atomic E-state index is 12.5. The van der Waals surface area contributed by atoms with Crippen LogP contribution in [0.15, 0.2) is 30.3 Å². The van der Waals surface area contributed by atoms with Crippen LogP contribution in [0.25, 0.3) is 0 Å². The smallest absolute Gasteiger partial charge is 0.224 e. The zero-order valence-electron chi connectivity index (χ0n) is 13.2. The van der Waals surface area contributed by atoms with E-state index < -0.39 is 0 Å². The van der Waals surface area contributed by atoms with Gasteiger partial charge < -0.3 is 5.32 Å². The number of amides is 1. The third-order valence-corrected chi connectivity index (χ3v) is 4.69. The molecule has 0 unspecified atom stereocenters. The first-order chi connectivity index (χ1) is 9.92. The fourth-order valence-electron chi connectivity index (χ4n) is 3.59. The van der Waals surface area contributed by atoms with Gasteiger partial charge in [-0.25, -0.2) is 0 Å². The fraction of sp³-hybridized carbons (Fsp3) is 0.556. The molecule has 1 fully saturated rings. The summed E-state index contributed by atoms with van der Waals surface area (Å²) in [6.07, 6.45) is 3.34. The van der Waals surface area contributed by atoms with Crippen molar-refractivity contribution >= 4 is 11.7 Å². The van der Waals surface area contributed by atoms with Gasteiger partial charge >= 0.3 is 0 Å². The Morgan fingerprint density at radius 3 is 2.52 bits per heavy atom. The standard InChI is InChI=1S/C18H25NO2/c1-13-8-7-11-18(2,3)16(13)17(21)19-12-15(20)14-9-5-4-6-10-14/h4-6,9-10,13,16H,7-8,11-12H2,1-3H3,(H,19,21)/t13-,16+/m0/s1. The summed E-state index contributed by atoms with van der Waals surface area (Å²) in [5, 5.41) is 2.85. The van der Waals surface area contributed by atoms with Gasteiger partial charge in [0.15, 0.2) is 5.78 Å². The van der Waals surface area contributed by atoms with E-state index in [0.717, 1.165) is 12.8 Å². The molecule has 2 atom stereocenters. The largest absolute Gasteiger partial charge is 0.348 e. The summed E-state index contributed by atoms with van der Waals surface area (Å²) in [5.74, 6) is 0.358. The van der Waals surface area contributed by atoms with Gasteiger partial charge in [0, 0.05) is 11.5 Å². The molecule has 3 heteroatoms. The van der Waals surface area contributed by atoms with Crippen molar-refractivity contribution < 1.29 is 9.59 Å². The Morgan fingerprint density at radius 2 is 1.90 bits per heavy atom. The van der Waals surface area contributed by atoms with Crippen molar-refractivity contribution in [2.45, 2.75) is 40.0 Å². The van der Waals surface area contributed by atoms with E-state index in [4.69, 9.17) is 0 Å². The summed E-state index contributed by atoms with van der Waals surface area (Å²) in [7, 11) is 0. The predicted octanol–water partition coefficient (Wildman–Crippen LogP) is 3.45. The second-order valence-corrected chi connectivity index (χ2v) is 6.84. The summed E-state index contributed by atoms with van der Waals surface area (Å²) in [5.41, 5.74) is 0.658. The van der Waals surface area contributed by atoms with Crippen LogP contribution in [0.2, 0.25) is 0 Å². The molecule has 0 radical (unpaired) electrons. The van der Waals surface area contributed by atoms with Gasteiger partial charge in [0.05, 0.1) is 6.54 Å². The highest BCUT2D eigenvalue weighted by Crippen LogP contribution is 2.43. The van der Waals surface area contributed by atoms with Gasteiger partial charge in [-0.05, 0) is 24.2 Å². The van der Waals surface area contributed by atoms with Gasteiger partial charge in [0.25, 0.3) is 0 Å². The quantitative estimate of drug-likeness (QED) is 0.862. The Balaban J connectivity index is 1.96. The van der Waals surface area contributed by atoms with Gasteiger partial charge in [-0.2, -0.15) is 0 Å². The van der Waals surface area contributed by atoms with Crippen molar-refractivity contribution in [1.82, 2.24) is 5.32 Å². The summed E-state index contributed by atoms with van der Waals surface area (Å²) in [6.45, 7) is 6.55. The van der Waals surface area contributed by atoms with Gasteiger partial charge in [0.1, 0.15) is 0 Å². The predicted molar refractivity (Wildman–Crippen MR) is 84.1 cm³/mol. The number of ketones is 1. The lowest BCUT2D eigenvalue weighted by molar-refractivity contribution is -0.132. The first kappa shape index (κ1) is 15.7. The second kappa shape index (κ2) is 6.42. The van der Waals surface area contributed by atoms with Gasteiger partial charge in [0.2, 0.25) is 5.91 Å². The van der Waals surface area contributed by atoms with Crippen molar-refractivity contribution in [2.24, 2.45) is 17.3 Å². The third-order valence-electron chi connectivity index (χ3n) is 4.69. The molecule has 1 N–H and O–H groups in total. The molecule has 3 nitrogen and oxygen atoms in total. The van der Waals surface area contributed by atoms with Gasteiger partial charge in [-0.3, -0.25) is 9.59 Å². The van der Waals surface area contributed by atoms with Crippen molar-refractivity contribution in [1.29, 1.82) is 0 Å². The minimum Gasteiger partial charge on any atom is -0.348 e. The van der Waals surface area contributed by atoms with E-state index in [2.05, 4.69) is 26.1 Å². The molecule has 0 heterocycles. The van der Waals surface area contributed by atoms with E-state index in [9.17, 15) is 9.59 Å². The van der Waals surface area contributed by atoms with Gasteiger partial charge in [-0.1, -0.05) is 57.5 Å². The lowest BCUT2D eigenvalue weighted by atomic mass is 9.64. The zero-order valence-corrected chi connectivity index (χ0v) is 13.2. The number of nitrogens with one attached hydrogen (secondary N) is 1. The maximum atomic E-state index is 12.5. The highest BCUT2D eigenvalue weighted by atomic mass is 16.2. The molecular formula is C18H25NO2. The average molecular weight is 287 g/mol. The van der Waals surface area contributed by atoms with Crippen LogP contribution >= 0.6 is 0 Å². The monoisotopic (exact) mass is 287 g/mol. The molecule has 1 aromatic rings. The van der Waals surface area contributed by atoms with E-state index in [1.807, 2.05) is 18.2 Å². The third kappa shape index (κ3) is 3.72. The molecule has 0 aromatic heterocycles. The molecule has 1 aliphatic carbocycles. The Morgan fingerprint density at radius 1 is 1.24 bits per heavy atom. The Bertz CT molecular complexity index is 507. The van der Waals surface area contributed by atoms with E-state index in [1.165, 1.54) is 6.42 Å². The van der Waals surface area contributed by atoms with Crippen LogP contribution in [0.5, 0.6) is 0 Å². The summed E-state index contributed by atoms with van der Waals surface area (Å²) in [6, 6.07) is 9.10. The minimum absolute atomic E-state index is 0.00479. The van der Waals surface area contributed by atoms with E-state index in [0.29, 0.717) is 11.5 Å². The molecule has 1 aliphatic rings. The SMILES string of the molecule is C[C@H]1CCCC(C)(C)[C@H]1C(=O)NCC(=O)c1ccccc1. The number of carbonyl (C=O) groups excluding carboxylic acids is 2. The van der Waals surface area contributed by atoms with Crippen molar-refractivity contribution in [3.8, 4) is 0 Å². The Hall–Kier alpha value is -1.64. The molecule has 2 rings (SSSR count). The maximum Gasteiger partial charge on any atom is 0.224 e. The molecule has 0 spiro atoms. The topological polar surface area (TPSA) is 46.2 Å². The number of Topliss-reactive ketones (excluding diaryl/α,β-unsaturated/α-hetero) is 1. The lowest BCUT2D eigenvalue weighted by Gasteiger charge is -2.41. The first-order valence-corrected chi connectivity index (χ1v) is 7.78. The number of benzene rings is 1. The van der Waals surface area contributed by atoms with Crippen LogP contribution in [0.4, 0.5) is 0 Å². The van der Waals surface area contributed by atoms with E-state index in [-0.39, 0.29) is 29.6 Å². The number of rotatable bonds is 4. The average Bonchev–Trinajstić information content (AvgIpc) is 2.44. The normalized spacial score (nSPS) is 24.3. The molecule has 0 aliphatic heterocycles. The Labute approximate surface area is 127 Å². The van der Waals surface area contributed by atoms with E-state index >= 15 is 0 Å². The number of carbonyl (C=O) groups is 2. The van der Waals surface area contributed by atoms with Crippen molar-refractivity contribution in [2.75, 3.05) is 6.54 Å². The minimum atomic E-state index is -0.0368. The summed E-state index contributed by atoms with van der Waals surface area (Å²) in [4.78, 5) is 24.6. The molecule has 1 saturated carbocycles. The highest BCUT2D eigenvalue weighted by Gasteiger charge is 2.41. The van der Waals surface area contributed by atoms with Crippen molar-refractivity contribution in [3.05, 3.63) is 35.9 Å². The number of hydrogen-bond acceptors (Lipinski definition) is 2. The van der Waals surface area contributed by atoms with Crippen LogP contribution in [0.3, 0.4) is 0 Å². The lowest BCUT2D eigenvalue weighted by Crippen LogP contribution is -2.46. The molecular weight excluding hydrogens is 262 g/mol. The van der Waals surface area contributed by atoms with Crippen LogP contribution in [0, 0.1) is 17.3 Å². The Kier molecular flexibility index (Phi) is 4.81. The summed E-state index contributed by atoms with van der Waals surface area (Å²) >= 11 is 0. The second-order valence-electron chi connectivity index (χ2n) is 6.84. The highest BCUT2D eigenvalue weighted by molar-refractivity contribution is 5.99. The van der Waals surface area contributed by atoms with Crippen LogP contribution < -0.4 is 5.32 Å². The van der Waals surface area contributed by atoms with Crippen LogP contribution in [0.1, 0.15) is 50.4 Å². The molecule has 0 saturated heterocycles. The number of hydrogen-bond donors (Lipinski definition) is 1. The molecule has 1 aromatic carbocycles. The first-order valence-electron chi connectivity index (χ1n) is 7.78. The zero-order chi connectivity index (χ0) is 15.5. The van der Waals surface area contributed by atoms with Crippen LogP contribution in [-0.2, 0) is 4.79 Å².